The predicted octanol–water partition coefficient (Wildman–Crippen LogP) is 4.20. The molecule has 0 spiro atoms. The number of fused-ring (bicyclic) bond motifs is 5. The molecule has 0 amide bonds. The van der Waals surface area contributed by atoms with Crippen molar-refractivity contribution in [3.8, 4) is 18.1 Å². The average molecular weight is 341 g/mol. The second-order valence-electron chi connectivity index (χ2n) is 8.62. The van der Waals surface area contributed by atoms with Crippen LogP contribution in [0.4, 0.5) is 4.39 Å². The SMILES string of the molecule is C#C[C@]1(O)[C@@H]([18F])C[C@H]2[C@@H]3CCc4cc(O)ccc4[C@H]3[C@@H](CC)C[C@@]21C. The summed E-state index contributed by atoms with van der Waals surface area (Å²) in [7, 11) is 0. The third-order valence-electron chi connectivity index (χ3n) is 7.75. The van der Waals surface area contributed by atoms with Gasteiger partial charge in [0.15, 0.2) is 5.60 Å². The number of phenolic OH excluding ortho intramolecular Hbond substituents is 1. The van der Waals surface area contributed by atoms with Gasteiger partial charge in [0.05, 0.1) is 0 Å². The number of terminal acetylenes is 1. The number of phenols is 1. The van der Waals surface area contributed by atoms with Crippen molar-refractivity contribution in [2.45, 2.75) is 63.6 Å². The van der Waals surface area contributed by atoms with E-state index in [-0.39, 0.29) is 5.92 Å². The second kappa shape index (κ2) is 5.48. The molecule has 0 aliphatic heterocycles. The molecule has 3 heteroatoms. The maximum Gasteiger partial charge on any atom is 0.161 e. The van der Waals surface area contributed by atoms with Crippen molar-refractivity contribution in [1.29, 1.82) is 0 Å². The summed E-state index contributed by atoms with van der Waals surface area (Å²) in [4.78, 5) is 0. The lowest BCUT2D eigenvalue weighted by atomic mass is 9.49. The zero-order valence-corrected chi connectivity index (χ0v) is 15.0. The number of rotatable bonds is 1. The Bertz CT molecular complexity index is 738. The number of benzene rings is 1. The minimum atomic E-state index is -1.65. The molecule has 3 aliphatic carbocycles. The molecule has 2 N–H and O–H groups in total. The molecule has 0 bridgehead atoms. The quantitative estimate of drug-likeness (QED) is 0.752. The van der Waals surface area contributed by atoms with Crippen LogP contribution >= 0.6 is 0 Å². The monoisotopic (exact) mass is 341 g/mol. The molecule has 7 atom stereocenters. The van der Waals surface area contributed by atoms with E-state index < -0.39 is 17.2 Å². The van der Waals surface area contributed by atoms with Gasteiger partial charge in [-0.1, -0.05) is 32.3 Å². The smallest absolute Gasteiger partial charge is 0.161 e. The lowest BCUT2D eigenvalue weighted by Crippen LogP contribution is -2.54. The number of alkyl halides is 1. The molecule has 25 heavy (non-hydrogen) atoms. The van der Waals surface area contributed by atoms with Gasteiger partial charge in [0.2, 0.25) is 0 Å². The van der Waals surface area contributed by atoms with Crippen LogP contribution in [0.5, 0.6) is 5.75 Å². The number of aryl methyl sites for hydroxylation is 1. The standard InChI is InChI=1S/C22H27FO2/c1-4-13-12-21(3)18(11-19(23)22(21,25)5-2)17-8-6-14-10-15(24)7-9-16(14)20(13)17/h2,7,9-10,13,17-20,24-25H,4,6,8,11-12H2,1,3H3/t13-,17-,18-,19-,20+,21-,22-/m0/s1/i23-1. The fourth-order valence-corrected chi connectivity index (χ4v) is 6.49. The van der Waals surface area contributed by atoms with E-state index in [4.69, 9.17) is 6.42 Å². The molecule has 2 nitrogen and oxygen atoms in total. The number of aliphatic hydroxyl groups is 1. The molecule has 3 aliphatic rings. The highest BCUT2D eigenvalue weighted by molar-refractivity contribution is 5.41. The molecule has 1 aromatic carbocycles. The van der Waals surface area contributed by atoms with Crippen molar-refractivity contribution in [2.24, 2.45) is 23.2 Å². The Balaban J connectivity index is 1.81. The highest BCUT2D eigenvalue weighted by Crippen LogP contribution is 2.66. The van der Waals surface area contributed by atoms with E-state index in [1.54, 1.807) is 6.07 Å². The Morgan fingerprint density at radius 3 is 2.84 bits per heavy atom. The van der Waals surface area contributed by atoms with Crippen LogP contribution in [-0.2, 0) is 6.42 Å². The van der Waals surface area contributed by atoms with Crippen LogP contribution in [0.25, 0.3) is 0 Å². The van der Waals surface area contributed by atoms with E-state index in [1.165, 1.54) is 11.1 Å². The lowest BCUT2D eigenvalue weighted by Gasteiger charge is -2.55. The minimum Gasteiger partial charge on any atom is -0.508 e. The van der Waals surface area contributed by atoms with E-state index in [1.807, 2.05) is 13.0 Å². The molecule has 0 radical (unpaired) electrons. The van der Waals surface area contributed by atoms with Gasteiger partial charge in [0.1, 0.15) is 11.9 Å². The highest BCUT2D eigenvalue weighted by atomic mass is 18.2. The fourth-order valence-electron chi connectivity index (χ4n) is 6.49. The Kier molecular flexibility index (Phi) is 3.71. The molecule has 4 rings (SSSR count). The highest BCUT2D eigenvalue weighted by Gasteiger charge is 2.67. The van der Waals surface area contributed by atoms with Crippen LogP contribution < -0.4 is 0 Å². The van der Waals surface area contributed by atoms with Crippen molar-refractivity contribution >= 4 is 0 Å². The van der Waals surface area contributed by atoms with Crippen molar-refractivity contribution < 1.29 is 14.6 Å². The third-order valence-corrected chi connectivity index (χ3v) is 7.75. The first-order chi connectivity index (χ1) is 11.9. The molecule has 1 aromatic rings. The van der Waals surface area contributed by atoms with E-state index >= 15 is 0 Å². The molecule has 0 saturated heterocycles. The van der Waals surface area contributed by atoms with Crippen LogP contribution in [0.2, 0.25) is 0 Å². The van der Waals surface area contributed by atoms with Crippen LogP contribution in [0.15, 0.2) is 18.2 Å². The second-order valence-corrected chi connectivity index (χ2v) is 8.62. The first-order valence-corrected chi connectivity index (χ1v) is 9.51. The summed E-state index contributed by atoms with van der Waals surface area (Å²) in [6.07, 6.45) is 8.28. The zero-order valence-electron chi connectivity index (χ0n) is 15.0. The first kappa shape index (κ1) is 16.9. The Morgan fingerprint density at radius 2 is 2.16 bits per heavy atom. The Hall–Kier alpha value is -1.53. The normalized spacial score (nSPS) is 45.2. The van der Waals surface area contributed by atoms with Crippen molar-refractivity contribution in [2.75, 3.05) is 0 Å². The summed E-state index contributed by atoms with van der Waals surface area (Å²) in [6, 6.07) is 5.71. The Morgan fingerprint density at radius 1 is 1.40 bits per heavy atom. The van der Waals surface area contributed by atoms with E-state index in [0.717, 1.165) is 25.7 Å². The number of aromatic hydroxyl groups is 1. The summed E-state index contributed by atoms with van der Waals surface area (Å²) in [5.74, 6) is 3.97. The van der Waals surface area contributed by atoms with Crippen molar-refractivity contribution in [3.05, 3.63) is 29.3 Å². The maximum atomic E-state index is 14.8. The van der Waals surface area contributed by atoms with E-state index in [2.05, 4.69) is 18.9 Å². The molecule has 134 valence electrons. The van der Waals surface area contributed by atoms with Gasteiger partial charge >= 0.3 is 0 Å². The summed E-state index contributed by atoms with van der Waals surface area (Å²) in [5.41, 5.74) is 0.336. The summed E-state index contributed by atoms with van der Waals surface area (Å²) < 4.78 is 14.8. The van der Waals surface area contributed by atoms with Gasteiger partial charge in [-0.05, 0) is 72.6 Å². The van der Waals surface area contributed by atoms with Crippen molar-refractivity contribution in [3.63, 3.8) is 0 Å². The number of halogens is 1. The molecular weight excluding hydrogens is 314 g/mol. The lowest BCUT2D eigenvalue weighted by molar-refractivity contribution is -0.100. The molecule has 0 unspecified atom stereocenters. The first-order valence-electron chi connectivity index (χ1n) is 9.51. The topological polar surface area (TPSA) is 40.5 Å². The molecular formula is C22H27FO2. The predicted molar refractivity (Wildman–Crippen MR) is 95.9 cm³/mol. The number of hydrogen-bond donors (Lipinski definition) is 2. The fraction of sp³-hybridized carbons (Fsp3) is 0.636. The minimum absolute atomic E-state index is 0.110. The molecule has 0 aromatic heterocycles. The van der Waals surface area contributed by atoms with Gasteiger partial charge in [-0.3, -0.25) is 0 Å². The third kappa shape index (κ3) is 2.07. The maximum absolute atomic E-state index is 14.8. The zero-order chi connectivity index (χ0) is 18.0. The summed E-state index contributed by atoms with van der Waals surface area (Å²) >= 11 is 0. The Labute approximate surface area is 149 Å². The van der Waals surface area contributed by atoms with Crippen molar-refractivity contribution in [1.82, 2.24) is 0 Å². The van der Waals surface area contributed by atoms with Crippen LogP contribution in [0.3, 0.4) is 0 Å². The molecule has 2 fully saturated rings. The molecule has 2 saturated carbocycles. The van der Waals surface area contributed by atoms with Gasteiger partial charge in [0.25, 0.3) is 0 Å². The van der Waals surface area contributed by atoms with E-state index in [9.17, 15) is 14.6 Å². The average Bonchev–Trinajstić information content (AvgIpc) is 2.81. The summed E-state index contributed by atoms with van der Waals surface area (Å²) in [5, 5.41) is 20.8. The number of hydrogen-bond acceptors (Lipinski definition) is 2. The van der Waals surface area contributed by atoms with Gasteiger partial charge < -0.3 is 10.2 Å². The van der Waals surface area contributed by atoms with Gasteiger partial charge in [0, 0.05) is 5.41 Å². The summed E-state index contributed by atoms with van der Waals surface area (Å²) in [6.45, 7) is 4.19. The molecule has 0 heterocycles. The van der Waals surface area contributed by atoms with Gasteiger partial charge in [-0.25, -0.2) is 4.39 Å². The van der Waals surface area contributed by atoms with E-state index in [0.29, 0.717) is 29.9 Å². The van der Waals surface area contributed by atoms with Crippen LogP contribution in [0.1, 0.15) is 56.6 Å². The van der Waals surface area contributed by atoms with Crippen LogP contribution in [0, 0.1) is 35.5 Å². The van der Waals surface area contributed by atoms with Gasteiger partial charge in [-0.2, -0.15) is 0 Å². The van der Waals surface area contributed by atoms with Gasteiger partial charge in [-0.15, -0.1) is 6.42 Å². The van der Waals surface area contributed by atoms with Crippen LogP contribution in [-0.4, -0.2) is 22.0 Å². The largest absolute Gasteiger partial charge is 0.508 e.